The molecule has 5 heteroatoms. The van der Waals surface area contributed by atoms with E-state index in [1.54, 1.807) is 19.1 Å². The van der Waals surface area contributed by atoms with Gasteiger partial charge in [-0.15, -0.1) is 0 Å². The lowest BCUT2D eigenvalue weighted by Crippen LogP contribution is -2.24. The fraction of sp³-hybridized carbons (Fsp3) is 0.455. The third-order valence-electron chi connectivity index (χ3n) is 2.10. The fourth-order valence-corrected chi connectivity index (χ4v) is 3.14. The number of halogens is 1. The fourth-order valence-electron chi connectivity index (χ4n) is 1.51. The second kappa shape index (κ2) is 5.80. The molecular weight excluding hydrogens is 290 g/mol. The molecular formula is C11H16BrNO2S. The van der Waals surface area contributed by atoms with Crippen LogP contribution in [-0.4, -0.2) is 19.8 Å². The summed E-state index contributed by atoms with van der Waals surface area (Å²) in [6.45, 7) is 4.17. The summed E-state index contributed by atoms with van der Waals surface area (Å²) >= 11 is 3.44. The molecule has 16 heavy (non-hydrogen) atoms. The van der Waals surface area contributed by atoms with E-state index in [9.17, 15) is 8.42 Å². The van der Waals surface area contributed by atoms with Crippen molar-refractivity contribution in [2.75, 3.05) is 6.54 Å². The third kappa shape index (κ3) is 3.57. The van der Waals surface area contributed by atoms with Crippen LogP contribution in [0.5, 0.6) is 0 Å². The summed E-state index contributed by atoms with van der Waals surface area (Å²) in [4.78, 5) is 0.633. The van der Waals surface area contributed by atoms with E-state index in [0.29, 0.717) is 17.9 Å². The number of alkyl halides is 1. The van der Waals surface area contributed by atoms with Crippen molar-refractivity contribution in [2.45, 2.75) is 30.0 Å². The van der Waals surface area contributed by atoms with Crippen molar-refractivity contribution >= 4 is 26.0 Å². The Morgan fingerprint density at radius 1 is 1.38 bits per heavy atom. The normalized spacial score (nSPS) is 13.7. The van der Waals surface area contributed by atoms with Crippen molar-refractivity contribution in [3.8, 4) is 0 Å². The molecule has 0 saturated carbocycles. The van der Waals surface area contributed by atoms with Gasteiger partial charge < -0.3 is 0 Å². The predicted octanol–water partition coefficient (Wildman–Crippen LogP) is 2.31. The smallest absolute Gasteiger partial charge is 0.211 e. The lowest BCUT2D eigenvalue weighted by molar-refractivity contribution is 0.582. The number of hydrogen-bond acceptors (Lipinski definition) is 2. The van der Waals surface area contributed by atoms with Gasteiger partial charge in [-0.1, -0.05) is 48.0 Å². The first-order valence-corrected chi connectivity index (χ1v) is 7.59. The van der Waals surface area contributed by atoms with Gasteiger partial charge in [-0.25, -0.2) is 13.1 Å². The van der Waals surface area contributed by atoms with Gasteiger partial charge in [0.25, 0.3) is 0 Å². The molecule has 0 radical (unpaired) electrons. The van der Waals surface area contributed by atoms with Gasteiger partial charge in [-0.05, 0) is 18.1 Å². The van der Waals surface area contributed by atoms with Gasteiger partial charge in [-0.2, -0.15) is 0 Å². The first-order valence-electron chi connectivity index (χ1n) is 5.19. The zero-order valence-electron chi connectivity index (χ0n) is 9.40. The van der Waals surface area contributed by atoms with Crippen LogP contribution in [0.15, 0.2) is 29.2 Å². The molecule has 0 amide bonds. The van der Waals surface area contributed by atoms with Crippen LogP contribution in [0.25, 0.3) is 0 Å². The zero-order valence-corrected chi connectivity index (χ0v) is 11.8. The third-order valence-corrected chi connectivity index (χ3v) is 4.07. The van der Waals surface area contributed by atoms with Gasteiger partial charge in [0.1, 0.15) is 0 Å². The average molecular weight is 306 g/mol. The van der Waals surface area contributed by atoms with Crippen molar-refractivity contribution < 1.29 is 8.42 Å². The van der Waals surface area contributed by atoms with E-state index in [2.05, 4.69) is 20.7 Å². The maximum Gasteiger partial charge on any atom is 0.240 e. The van der Waals surface area contributed by atoms with Gasteiger partial charge in [0, 0.05) is 11.4 Å². The maximum absolute atomic E-state index is 11.9. The summed E-state index contributed by atoms with van der Waals surface area (Å²) in [7, 11) is -3.36. The minimum Gasteiger partial charge on any atom is -0.211 e. The van der Waals surface area contributed by atoms with E-state index in [1.807, 2.05) is 19.1 Å². The van der Waals surface area contributed by atoms with Crippen LogP contribution in [0.2, 0.25) is 0 Å². The first kappa shape index (κ1) is 13.7. The summed E-state index contributed by atoms with van der Waals surface area (Å²) < 4.78 is 26.3. The molecule has 0 fully saturated rings. The Labute approximate surface area is 105 Å². The summed E-state index contributed by atoms with van der Waals surface area (Å²) in [6, 6.07) is 7.09. The van der Waals surface area contributed by atoms with Crippen molar-refractivity contribution in [2.24, 2.45) is 0 Å². The Balaban J connectivity index is 3.13. The Morgan fingerprint density at radius 2 is 2.00 bits per heavy atom. The molecule has 0 heterocycles. The van der Waals surface area contributed by atoms with Crippen molar-refractivity contribution in [3.63, 3.8) is 0 Å². The molecule has 1 atom stereocenters. The van der Waals surface area contributed by atoms with E-state index >= 15 is 0 Å². The van der Waals surface area contributed by atoms with Crippen LogP contribution < -0.4 is 4.72 Å². The molecule has 1 aromatic carbocycles. The molecule has 0 aliphatic rings. The molecule has 1 rings (SSSR count). The Morgan fingerprint density at radius 3 is 2.56 bits per heavy atom. The first-order chi connectivity index (χ1) is 7.47. The summed E-state index contributed by atoms with van der Waals surface area (Å²) in [5.74, 6) is 0. The standard InChI is InChI=1S/C11H16BrNO2S/c1-3-13-16(14,15)11-7-5-4-6-10(11)8-9(2)12/h4-7,9,13H,3,8H2,1-2H3. The van der Waals surface area contributed by atoms with Crippen LogP contribution in [0.1, 0.15) is 19.4 Å². The number of hydrogen-bond donors (Lipinski definition) is 1. The molecule has 0 bridgehead atoms. The van der Waals surface area contributed by atoms with Gasteiger partial charge in [0.15, 0.2) is 0 Å². The SMILES string of the molecule is CCNS(=O)(=O)c1ccccc1CC(C)Br. The highest BCUT2D eigenvalue weighted by Crippen LogP contribution is 2.18. The van der Waals surface area contributed by atoms with Crippen LogP contribution in [0, 0.1) is 0 Å². The highest BCUT2D eigenvalue weighted by Gasteiger charge is 2.17. The van der Waals surface area contributed by atoms with Crippen molar-refractivity contribution in [3.05, 3.63) is 29.8 Å². The number of rotatable bonds is 5. The average Bonchev–Trinajstić information content (AvgIpc) is 2.17. The van der Waals surface area contributed by atoms with Crippen LogP contribution >= 0.6 is 15.9 Å². The second-order valence-electron chi connectivity index (χ2n) is 3.59. The summed E-state index contributed by atoms with van der Waals surface area (Å²) in [5.41, 5.74) is 0.841. The monoisotopic (exact) mass is 305 g/mol. The Kier molecular flexibility index (Phi) is 4.95. The minimum absolute atomic E-state index is 0.255. The van der Waals surface area contributed by atoms with E-state index in [-0.39, 0.29) is 4.83 Å². The maximum atomic E-state index is 11.9. The van der Waals surface area contributed by atoms with Crippen LogP contribution in [-0.2, 0) is 16.4 Å². The van der Waals surface area contributed by atoms with E-state index in [1.165, 1.54) is 0 Å². The lowest BCUT2D eigenvalue weighted by atomic mass is 10.1. The molecule has 0 saturated heterocycles. The predicted molar refractivity (Wildman–Crippen MR) is 69.4 cm³/mol. The largest absolute Gasteiger partial charge is 0.240 e. The van der Waals surface area contributed by atoms with Gasteiger partial charge in [0.05, 0.1) is 4.90 Å². The van der Waals surface area contributed by atoms with Crippen LogP contribution in [0.4, 0.5) is 0 Å². The quantitative estimate of drug-likeness (QED) is 0.849. The molecule has 1 unspecified atom stereocenters. The van der Waals surface area contributed by atoms with Gasteiger partial charge >= 0.3 is 0 Å². The molecule has 0 aromatic heterocycles. The highest BCUT2D eigenvalue weighted by atomic mass is 79.9. The minimum atomic E-state index is -3.36. The van der Waals surface area contributed by atoms with Gasteiger partial charge in [0.2, 0.25) is 10.0 Å². The zero-order chi connectivity index (χ0) is 12.2. The molecule has 1 N–H and O–H groups in total. The van der Waals surface area contributed by atoms with Gasteiger partial charge in [-0.3, -0.25) is 0 Å². The van der Waals surface area contributed by atoms with Crippen molar-refractivity contribution in [1.82, 2.24) is 4.72 Å². The van der Waals surface area contributed by atoms with Crippen LogP contribution in [0.3, 0.4) is 0 Å². The number of sulfonamides is 1. The van der Waals surface area contributed by atoms with Crippen molar-refractivity contribution in [1.29, 1.82) is 0 Å². The molecule has 0 spiro atoms. The molecule has 0 aliphatic heterocycles. The second-order valence-corrected chi connectivity index (χ2v) is 6.89. The molecule has 1 aromatic rings. The highest BCUT2D eigenvalue weighted by molar-refractivity contribution is 9.09. The lowest BCUT2D eigenvalue weighted by Gasteiger charge is -2.11. The summed E-state index contributed by atoms with van der Waals surface area (Å²) in [6.07, 6.45) is 0.695. The van der Waals surface area contributed by atoms with E-state index in [0.717, 1.165) is 5.56 Å². The topological polar surface area (TPSA) is 46.2 Å². The van der Waals surface area contributed by atoms with E-state index < -0.39 is 10.0 Å². The molecule has 0 aliphatic carbocycles. The molecule has 90 valence electrons. The Bertz CT molecular complexity index is 443. The van der Waals surface area contributed by atoms with E-state index in [4.69, 9.17) is 0 Å². The molecule has 3 nitrogen and oxygen atoms in total. The Hall–Kier alpha value is -0.390. The number of benzene rings is 1. The summed E-state index contributed by atoms with van der Waals surface area (Å²) in [5, 5.41) is 0. The number of nitrogens with one attached hydrogen (secondary N) is 1.